The maximum absolute atomic E-state index is 12.4. The van der Waals surface area contributed by atoms with Gasteiger partial charge in [0.2, 0.25) is 5.88 Å². The molecule has 0 fully saturated rings. The van der Waals surface area contributed by atoms with Crippen molar-refractivity contribution < 1.29 is 19.0 Å². The molecule has 0 spiro atoms. The summed E-state index contributed by atoms with van der Waals surface area (Å²) in [6, 6.07) is 8.49. The van der Waals surface area contributed by atoms with E-state index in [1.165, 1.54) is 7.11 Å². The van der Waals surface area contributed by atoms with E-state index < -0.39 is 0 Å². The maximum atomic E-state index is 12.4. The zero-order valence-corrected chi connectivity index (χ0v) is 12.8. The first-order chi connectivity index (χ1) is 10.7. The van der Waals surface area contributed by atoms with E-state index in [2.05, 4.69) is 10.3 Å². The van der Waals surface area contributed by atoms with Gasteiger partial charge in [0.15, 0.2) is 0 Å². The molecule has 0 saturated heterocycles. The number of rotatable bonds is 6. The summed E-state index contributed by atoms with van der Waals surface area (Å²) in [5.74, 6) is 1.13. The fourth-order valence-electron chi connectivity index (χ4n) is 1.91. The number of anilines is 1. The Morgan fingerprint density at radius 3 is 2.73 bits per heavy atom. The molecule has 2 rings (SSSR count). The summed E-state index contributed by atoms with van der Waals surface area (Å²) in [7, 11) is 3.09. The molecule has 0 unspecified atom stereocenters. The predicted molar refractivity (Wildman–Crippen MR) is 82.9 cm³/mol. The molecule has 0 radical (unpaired) electrons. The molecule has 0 saturated carbocycles. The van der Waals surface area contributed by atoms with Crippen LogP contribution in [-0.4, -0.2) is 31.7 Å². The van der Waals surface area contributed by atoms with E-state index in [4.69, 9.17) is 14.2 Å². The molecule has 6 nitrogen and oxygen atoms in total. The Labute approximate surface area is 129 Å². The van der Waals surface area contributed by atoms with Crippen molar-refractivity contribution in [2.45, 2.75) is 6.92 Å². The van der Waals surface area contributed by atoms with E-state index >= 15 is 0 Å². The van der Waals surface area contributed by atoms with Crippen molar-refractivity contribution >= 4 is 11.6 Å². The number of ether oxygens (including phenoxy) is 3. The van der Waals surface area contributed by atoms with Gasteiger partial charge < -0.3 is 19.5 Å². The molecule has 1 heterocycles. The van der Waals surface area contributed by atoms with Crippen molar-refractivity contribution in [1.29, 1.82) is 0 Å². The molecule has 0 bridgehead atoms. The fraction of sp³-hybridized carbons (Fsp3) is 0.250. The lowest BCUT2D eigenvalue weighted by molar-refractivity contribution is 0.102. The topological polar surface area (TPSA) is 69.7 Å². The highest BCUT2D eigenvalue weighted by Gasteiger charge is 2.15. The average molecular weight is 302 g/mol. The highest BCUT2D eigenvalue weighted by atomic mass is 16.5. The predicted octanol–water partition coefficient (Wildman–Crippen LogP) is 2.75. The summed E-state index contributed by atoms with van der Waals surface area (Å²) in [4.78, 5) is 16.5. The summed E-state index contributed by atoms with van der Waals surface area (Å²) < 4.78 is 15.8. The molecule has 6 heteroatoms. The minimum atomic E-state index is -0.319. The maximum Gasteiger partial charge on any atom is 0.261 e. The summed E-state index contributed by atoms with van der Waals surface area (Å²) in [6.07, 6.45) is 1.58. The van der Waals surface area contributed by atoms with Gasteiger partial charge in [-0.2, -0.15) is 0 Å². The Morgan fingerprint density at radius 1 is 1.23 bits per heavy atom. The van der Waals surface area contributed by atoms with Crippen LogP contribution in [-0.2, 0) is 0 Å². The second-order valence-corrected chi connectivity index (χ2v) is 4.31. The smallest absolute Gasteiger partial charge is 0.261 e. The molecule has 1 amide bonds. The second kappa shape index (κ2) is 7.31. The van der Waals surface area contributed by atoms with Gasteiger partial charge in [-0.1, -0.05) is 0 Å². The quantitative estimate of drug-likeness (QED) is 0.888. The minimum absolute atomic E-state index is 0.301. The summed E-state index contributed by atoms with van der Waals surface area (Å²) in [6.45, 7) is 2.27. The van der Waals surface area contributed by atoms with E-state index in [0.717, 1.165) is 0 Å². The number of nitrogens with zero attached hydrogens (tertiary/aromatic N) is 1. The summed E-state index contributed by atoms with van der Waals surface area (Å²) in [5.41, 5.74) is 0.904. The van der Waals surface area contributed by atoms with Crippen LogP contribution in [0.2, 0.25) is 0 Å². The summed E-state index contributed by atoms with van der Waals surface area (Å²) >= 11 is 0. The third-order valence-electron chi connectivity index (χ3n) is 2.95. The number of benzene rings is 1. The third kappa shape index (κ3) is 3.46. The SMILES string of the molecule is CCOc1ncccc1C(=O)Nc1ccc(OC)cc1OC. The number of pyridine rings is 1. The lowest BCUT2D eigenvalue weighted by Gasteiger charge is -2.13. The molecule has 0 atom stereocenters. The average Bonchev–Trinajstić information content (AvgIpc) is 2.56. The fourth-order valence-corrected chi connectivity index (χ4v) is 1.91. The van der Waals surface area contributed by atoms with Crippen molar-refractivity contribution in [3.05, 3.63) is 42.1 Å². The number of carbonyl (C=O) groups excluding carboxylic acids is 1. The van der Waals surface area contributed by atoms with Crippen LogP contribution in [0.25, 0.3) is 0 Å². The molecule has 2 aromatic rings. The molecule has 0 aliphatic rings. The number of nitrogens with one attached hydrogen (secondary N) is 1. The van der Waals surface area contributed by atoms with Crippen molar-refractivity contribution in [2.75, 3.05) is 26.1 Å². The molecule has 1 aromatic heterocycles. The monoisotopic (exact) mass is 302 g/mol. The van der Waals surface area contributed by atoms with Crippen LogP contribution in [0.1, 0.15) is 17.3 Å². The molecule has 1 N–H and O–H groups in total. The number of carbonyl (C=O) groups is 1. The van der Waals surface area contributed by atoms with Crippen LogP contribution in [0.15, 0.2) is 36.5 Å². The van der Waals surface area contributed by atoms with Crippen molar-refractivity contribution in [1.82, 2.24) is 4.98 Å². The molecule has 22 heavy (non-hydrogen) atoms. The van der Waals surface area contributed by atoms with Crippen LogP contribution < -0.4 is 19.5 Å². The van der Waals surface area contributed by atoms with Crippen LogP contribution in [0.5, 0.6) is 17.4 Å². The van der Waals surface area contributed by atoms with Crippen LogP contribution in [0.4, 0.5) is 5.69 Å². The van der Waals surface area contributed by atoms with Gasteiger partial charge in [-0.05, 0) is 31.2 Å². The molecule has 116 valence electrons. The van der Waals surface area contributed by atoms with Gasteiger partial charge in [-0.15, -0.1) is 0 Å². The second-order valence-electron chi connectivity index (χ2n) is 4.31. The van der Waals surface area contributed by atoms with E-state index in [1.807, 2.05) is 6.92 Å². The molecule has 1 aromatic carbocycles. The number of hydrogen-bond donors (Lipinski definition) is 1. The van der Waals surface area contributed by atoms with Crippen LogP contribution >= 0.6 is 0 Å². The van der Waals surface area contributed by atoms with Crippen LogP contribution in [0.3, 0.4) is 0 Å². The highest BCUT2D eigenvalue weighted by molar-refractivity contribution is 6.06. The lowest BCUT2D eigenvalue weighted by atomic mass is 10.2. The first-order valence-corrected chi connectivity index (χ1v) is 6.80. The molecular weight excluding hydrogens is 284 g/mol. The number of hydrogen-bond acceptors (Lipinski definition) is 5. The van der Waals surface area contributed by atoms with E-state index in [9.17, 15) is 4.79 Å². The zero-order chi connectivity index (χ0) is 15.9. The first-order valence-electron chi connectivity index (χ1n) is 6.80. The highest BCUT2D eigenvalue weighted by Crippen LogP contribution is 2.29. The standard InChI is InChI=1S/C16H18N2O4/c1-4-22-16-12(6-5-9-17-16)15(19)18-13-8-7-11(20-2)10-14(13)21-3/h5-10H,4H2,1-3H3,(H,18,19). The van der Waals surface area contributed by atoms with Crippen LogP contribution in [0, 0.1) is 0 Å². The summed E-state index contributed by atoms with van der Waals surface area (Å²) in [5, 5.41) is 2.79. The van der Waals surface area contributed by atoms with Gasteiger partial charge in [-0.3, -0.25) is 4.79 Å². The normalized spacial score (nSPS) is 9.95. The first kappa shape index (κ1) is 15.6. The van der Waals surface area contributed by atoms with Crippen molar-refractivity contribution in [2.24, 2.45) is 0 Å². The minimum Gasteiger partial charge on any atom is -0.497 e. The van der Waals surface area contributed by atoms with Crippen molar-refractivity contribution in [3.8, 4) is 17.4 Å². The Bertz CT molecular complexity index is 658. The Kier molecular flexibility index (Phi) is 5.19. The lowest BCUT2D eigenvalue weighted by Crippen LogP contribution is -2.15. The van der Waals surface area contributed by atoms with Gasteiger partial charge in [0.05, 0.1) is 26.5 Å². The van der Waals surface area contributed by atoms with E-state index in [1.54, 1.807) is 43.6 Å². The molecule has 0 aliphatic heterocycles. The van der Waals surface area contributed by atoms with E-state index in [0.29, 0.717) is 35.2 Å². The number of aromatic nitrogens is 1. The van der Waals surface area contributed by atoms with Gasteiger partial charge >= 0.3 is 0 Å². The van der Waals surface area contributed by atoms with E-state index in [-0.39, 0.29) is 5.91 Å². The molecular formula is C16H18N2O4. The number of amides is 1. The van der Waals surface area contributed by atoms with Crippen molar-refractivity contribution in [3.63, 3.8) is 0 Å². The number of methoxy groups -OCH3 is 2. The Morgan fingerprint density at radius 2 is 2.05 bits per heavy atom. The zero-order valence-electron chi connectivity index (χ0n) is 12.8. The Balaban J connectivity index is 2.26. The largest absolute Gasteiger partial charge is 0.497 e. The van der Waals surface area contributed by atoms with Gasteiger partial charge in [0, 0.05) is 12.3 Å². The Hall–Kier alpha value is -2.76. The van der Waals surface area contributed by atoms with Gasteiger partial charge in [-0.25, -0.2) is 4.98 Å². The van der Waals surface area contributed by atoms with Gasteiger partial charge in [0.1, 0.15) is 17.1 Å². The molecule has 0 aliphatic carbocycles. The van der Waals surface area contributed by atoms with Gasteiger partial charge in [0.25, 0.3) is 5.91 Å². The third-order valence-corrected chi connectivity index (χ3v) is 2.95.